The molecule has 2 aromatic carbocycles. The maximum atomic E-state index is 13.7. The van der Waals surface area contributed by atoms with Gasteiger partial charge < -0.3 is 4.74 Å². The summed E-state index contributed by atoms with van der Waals surface area (Å²) >= 11 is 5.74. The molecule has 0 aliphatic rings. The highest BCUT2D eigenvalue weighted by Crippen LogP contribution is 2.30. The monoisotopic (exact) mass is 318 g/mol. The maximum Gasteiger partial charge on any atom is 0.573 e. The molecule has 0 spiro atoms. The lowest BCUT2D eigenvalue weighted by Gasteiger charge is -2.13. The number of alkyl halides is 3. The van der Waals surface area contributed by atoms with Crippen molar-refractivity contribution in [2.24, 2.45) is 0 Å². The van der Waals surface area contributed by atoms with Crippen LogP contribution in [0.5, 0.6) is 5.75 Å². The van der Waals surface area contributed by atoms with Crippen molar-refractivity contribution < 1.29 is 27.1 Å². The largest absolute Gasteiger partial charge is 0.573 e. The molecular formula is C14H7ClF4O2. The van der Waals surface area contributed by atoms with Crippen LogP contribution in [0.2, 0.25) is 5.02 Å². The Morgan fingerprint density at radius 1 is 1.05 bits per heavy atom. The number of ketones is 1. The predicted octanol–water partition coefficient (Wildman–Crippen LogP) is 4.61. The third kappa shape index (κ3) is 3.52. The van der Waals surface area contributed by atoms with Crippen LogP contribution in [-0.4, -0.2) is 12.1 Å². The van der Waals surface area contributed by atoms with Crippen LogP contribution < -0.4 is 4.74 Å². The van der Waals surface area contributed by atoms with E-state index in [1.165, 1.54) is 24.3 Å². The number of rotatable bonds is 3. The smallest absolute Gasteiger partial charge is 0.405 e. The fourth-order valence-corrected chi connectivity index (χ4v) is 1.97. The normalized spacial score (nSPS) is 11.3. The Hall–Kier alpha value is -2.08. The Morgan fingerprint density at radius 3 is 2.33 bits per heavy atom. The van der Waals surface area contributed by atoms with Crippen LogP contribution in [0.4, 0.5) is 17.6 Å². The lowest BCUT2D eigenvalue weighted by Crippen LogP contribution is -2.19. The molecule has 0 saturated carbocycles. The summed E-state index contributed by atoms with van der Waals surface area (Å²) in [5, 5.41) is -0.193. The van der Waals surface area contributed by atoms with E-state index in [2.05, 4.69) is 4.74 Å². The SMILES string of the molecule is O=C(c1ccccc1OC(F)(F)F)c1c(F)cccc1Cl. The summed E-state index contributed by atoms with van der Waals surface area (Å²) in [5.41, 5.74) is -0.931. The minimum Gasteiger partial charge on any atom is -0.405 e. The van der Waals surface area contributed by atoms with E-state index < -0.39 is 34.8 Å². The lowest BCUT2D eigenvalue weighted by molar-refractivity contribution is -0.274. The molecule has 0 atom stereocenters. The molecule has 0 aromatic heterocycles. The van der Waals surface area contributed by atoms with Crippen molar-refractivity contribution in [3.8, 4) is 5.75 Å². The van der Waals surface area contributed by atoms with Gasteiger partial charge in [0.25, 0.3) is 0 Å². The van der Waals surface area contributed by atoms with Gasteiger partial charge in [0.15, 0.2) is 0 Å². The van der Waals surface area contributed by atoms with Gasteiger partial charge in [-0.05, 0) is 24.3 Å². The van der Waals surface area contributed by atoms with Gasteiger partial charge in [-0.2, -0.15) is 0 Å². The second-order valence-electron chi connectivity index (χ2n) is 3.97. The molecule has 0 aliphatic carbocycles. The van der Waals surface area contributed by atoms with E-state index in [1.54, 1.807) is 0 Å². The highest BCUT2D eigenvalue weighted by Gasteiger charge is 2.33. The molecule has 2 aromatic rings. The highest BCUT2D eigenvalue weighted by atomic mass is 35.5. The third-order valence-corrected chi connectivity index (χ3v) is 2.86. The van der Waals surface area contributed by atoms with Crippen LogP contribution in [0.3, 0.4) is 0 Å². The Balaban J connectivity index is 2.50. The van der Waals surface area contributed by atoms with Crippen LogP contribution >= 0.6 is 11.6 Å². The number of hydrogen-bond donors (Lipinski definition) is 0. The molecule has 0 radical (unpaired) electrons. The molecule has 0 saturated heterocycles. The number of benzene rings is 2. The highest BCUT2D eigenvalue weighted by molar-refractivity contribution is 6.35. The van der Waals surface area contributed by atoms with Crippen LogP contribution in [0, 0.1) is 5.82 Å². The number of ether oxygens (including phenoxy) is 1. The Morgan fingerprint density at radius 2 is 1.71 bits per heavy atom. The van der Waals surface area contributed by atoms with Crippen LogP contribution in [-0.2, 0) is 0 Å². The van der Waals surface area contributed by atoms with Gasteiger partial charge in [-0.25, -0.2) is 4.39 Å². The Labute approximate surface area is 121 Å². The van der Waals surface area contributed by atoms with E-state index in [-0.39, 0.29) is 5.02 Å². The average Bonchev–Trinajstić information content (AvgIpc) is 2.37. The number of halogens is 5. The quantitative estimate of drug-likeness (QED) is 0.610. The summed E-state index contributed by atoms with van der Waals surface area (Å²) in [6.07, 6.45) is -4.96. The van der Waals surface area contributed by atoms with Crippen LogP contribution in [0.1, 0.15) is 15.9 Å². The lowest BCUT2D eigenvalue weighted by atomic mass is 10.0. The van der Waals surface area contributed by atoms with Crippen molar-refractivity contribution in [3.05, 3.63) is 64.4 Å². The zero-order valence-electron chi connectivity index (χ0n) is 10.2. The van der Waals surface area contributed by atoms with Crippen molar-refractivity contribution in [2.45, 2.75) is 6.36 Å². The standard InChI is InChI=1S/C14H7ClF4O2/c15-9-5-3-6-10(16)12(9)13(20)8-4-1-2-7-11(8)21-14(17,18)19/h1-7H. The topological polar surface area (TPSA) is 26.3 Å². The summed E-state index contributed by atoms with van der Waals surface area (Å²) in [7, 11) is 0. The van der Waals surface area contributed by atoms with Crippen molar-refractivity contribution in [3.63, 3.8) is 0 Å². The molecule has 0 bridgehead atoms. The predicted molar refractivity (Wildman–Crippen MR) is 68.0 cm³/mol. The second kappa shape index (κ2) is 5.73. The molecule has 0 heterocycles. The first-order valence-corrected chi connectivity index (χ1v) is 6.01. The minimum absolute atomic E-state index is 0.193. The molecule has 2 nitrogen and oxygen atoms in total. The van der Waals surface area contributed by atoms with Gasteiger partial charge >= 0.3 is 6.36 Å². The molecule has 110 valence electrons. The number of hydrogen-bond acceptors (Lipinski definition) is 2. The Kier molecular flexibility index (Phi) is 4.18. The summed E-state index contributed by atoms with van der Waals surface area (Å²) in [5.74, 6) is -2.62. The number of carbonyl (C=O) groups is 1. The zero-order chi connectivity index (χ0) is 15.6. The minimum atomic E-state index is -4.96. The second-order valence-corrected chi connectivity index (χ2v) is 4.38. The van der Waals surface area contributed by atoms with Gasteiger partial charge in [0, 0.05) is 0 Å². The first-order valence-electron chi connectivity index (χ1n) is 5.63. The molecule has 0 unspecified atom stereocenters. The van der Waals surface area contributed by atoms with E-state index in [1.807, 2.05) is 0 Å². The first kappa shape index (κ1) is 15.3. The van der Waals surface area contributed by atoms with Crippen LogP contribution in [0.15, 0.2) is 42.5 Å². The van der Waals surface area contributed by atoms with Gasteiger partial charge in [-0.3, -0.25) is 4.79 Å². The number of carbonyl (C=O) groups excluding carboxylic acids is 1. The molecule has 7 heteroatoms. The molecule has 2 rings (SSSR count). The average molecular weight is 319 g/mol. The van der Waals surface area contributed by atoms with E-state index in [9.17, 15) is 22.4 Å². The molecule has 0 N–H and O–H groups in total. The van der Waals surface area contributed by atoms with E-state index >= 15 is 0 Å². The van der Waals surface area contributed by atoms with Crippen molar-refractivity contribution >= 4 is 17.4 Å². The summed E-state index contributed by atoms with van der Waals surface area (Å²) in [6.45, 7) is 0. The van der Waals surface area contributed by atoms with Crippen LogP contribution in [0.25, 0.3) is 0 Å². The fourth-order valence-electron chi connectivity index (χ4n) is 1.72. The maximum absolute atomic E-state index is 13.7. The van der Waals surface area contributed by atoms with Gasteiger partial charge in [-0.1, -0.05) is 29.8 Å². The Bertz CT molecular complexity index is 663. The van der Waals surface area contributed by atoms with Crippen molar-refractivity contribution in [1.29, 1.82) is 0 Å². The van der Waals surface area contributed by atoms with E-state index in [0.717, 1.165) is 18.2 Å². The van der Waals surface area contributed by atoms with Gasteiger partial charge in [0.2, 0.25) is 5.78 Å². The van der Waals surface area contributed by atoms with Crippen molar-refractivity contribution in [1.82, 2.24) is 0 Å². The molecule has 0 amide bonds. The summed E-state index contributed by atoms with van der Waals surface area (Å²) < 4.78 is 54.4. The molecular weight excluding hydrogens is 312 g/mol. The third-order valence-electron chi connectivity index (χ3n) is 2.55. The van der Waals surface area contributed by atoms with Gasteiger partial charge in [0.1, 0.15) is 11.6 Å². The zero-order valence-corrected chi connectivity index (χ0v) is 11.0. The van der Waals surface area contributed by atoms with E-state index in [4.69, 9.17) is 11.6 Å². The number of para-hydroxylation sites is 1. The molecule has 21 heavy (non-hydrogen) atoms. The molecule has 0 aliphatic heterocycles. The van der Waals surface area contributed by atoms with Crippen molar-refractivity contribution in [2.75, 3.05) is 0 Å². The summed E-state index contributed by atoms with van der Waals surface area (Å²) in [4.78, 5) is 12.2. The molecule has 0 fully saturated rings. The summed E-state index contributed by atoms with van der Waals surface area (Å²) in [6, 6.07) is 8.22. The first-order chi connectivity index (χ1) is 9.79. The fraction of sp³-hybridized carbons (Fsp3) is 0.0714. The van der Waals surface area contributed by atoms with E-state index in [0.29, 0.717) is 0 Å². The van der Waals surface area contributed by atoms with Gasteiger partial charge in [0.05, 0.1) is 16.1 Å². The van der Waals surface area contributed by atoms with Gasteiger partial charge in [-0.15, -0.1) is 13.2 Å².